The molecule has 6 aromatic rings. The summed E-state index contributed by atoms with van der Waals surface area (Å²) in [6, 6.07) is 20.3. The molecule has 282 valence electrons. The largest absolute Gasteiger partial charge is 1.00 e. The molecule has 0 unspecified atom stereocenters. The quantitative estimate of drug-likeness (QED) is 0.0412. The number of nitrogens with zero attached hydrogens (tertiary/aromatic N) is 8. The minimum Gasteiger partial charge on any atom is -0.871 e. The van der Waals surface area contributed by atoms with Crippen LogP contribution in [0.2, 0.25) is 0 Å². The van der Waals surface area contributed by atoms with E-state index < -0.39 is 36.8 Å². The second kappa shape index (κ2) is 20.4. The molecule has 0 aliphatic rings. The van der Waals surface area contributed by atoms with E-state index in [2.05, 4.69) is 30.7 Å². The van der Waals surface area contributed by atoms with Crippen molar-refractivity contribution in [2.24, 2.45) is 20.5 Å². The zero-order valence-corrected chi connectivity index (χ0v) is 36.3. The van der Waals surface area contributed by atoms with Crippen molar-refractivity contribution in [1.82, 2.24) is 19.6 Å². The second-order valence-electron chi connectivity index (χ2n) is 11.0. The van der Waals surface area contributed by atoms with Gasteiger partial charge in [-0.25, -0.2) is 9.36 Å². The molecule has 4 aromatic carbocycles. The van der Waals surface area contributed by atoms with Gasteiger partial charge in [0.05, 0.1) is 49.3 Å². The van der Waals surface area contributed by atoms with E-state index in [1.807, 2.05) is 6.07 Å². The molecule has 0 aliphatic heterocycles. The average Bonchev–Trinajstić information content (AvgIpc) is 3.59. The van der Waals surface area contributed by atoms with Gasteiger partial charge in [0.1, 0.15) is 0 Å². The van der Waals surface area contributed by atoms with Gasteiger partial charge in [0, 0.05) is 41.6 Å². The van der Waals surface area contributed by atoms with Crippen molar-refractivity contribution in [2.45, 2.75) is 18.7 Å². The van der Waals surface area contributed by atoms with Crippen molar-refractivity contribution in [3.8, 4) is 22.9 Å². The third-order valence-corrected chi connectivity index (χ3v) is 8.22. The molecule has 57 heavy (non-hydrogen) atoms. The van der Waals surface area contributed by atoms with Gasteiger partial charge < -0.3 is 10.2 Å². The number of aromatic nitrogens is 4. The Hall–Kier alpha value is -5.06. The number of H-pyrrole nitrogens is 2. The van der Waals surface area contributed by atoms with Gasteiger partial charge in [0.25, 0.3) is 38.4 Å². The van der Waals surface area contributed by atoms with E-state index in [0.717, 1.165) is 47.1 Å². The SMILES string of the molecule is Cc1[nH]n(-c2ccc(S(=O)(=O)O)cc2)c(=O)c1N=Nc1cc([N+](=O)[O-])ccc1[OH2+].Cc1[nH]n(-c2ccccc2)c(=O)c1N=Nc1cc([N+](=O)[O-])ccc1[O-].[Cr].[Na+].[Na+]. The molecule has 21 nitrogen and oxygen atoms in total. The number of nitro benzene ring substituents is 2. The summed E-state index contributed by atoms with van der Waals surface area (Å²) in [5.41, 5.74) is -0.259. The maximum Gasteiger partial charge on any atom is 1.00 e. The van der Waals surface area contributed by atoms with Gasteiger partial charge in [-0.05, 0) is 50.2 Å². The first-order chi connectivity index (χ1) is 25.5. The summed E-state index contributed by atoms with van der Waals surface area (Å²) in [6.45, 7) is 3.19. The zero-order chi connectivity index (χ0) is 39.3. The molecule has 0 amide bonds. The molecule has 6 rings (SSSR count). The molecule has 0 atom stereocenters. The molecule has 0 bridgehead atoms. The number of benzene rings is 4. The Morgan fingerprint density at radius 3 is 1.60 bits per heavy atom. The summed E-state index contributed by atoms with van der Waals surface area (Å²) in [5, 5.41) is 61.9. The van der Waals surface area contributed by atoms with Crippen molar-refractivity contribution in [3.05, 3.63) is 143 Å². The van der Waals surface area contributed by atoms with Gasteiger partial charge in [-0.15, -0.1) is 15.3 Å². The smallest absolute Gasteiger partial charge is 0.871 e. The van der Waals surface area contributed by atoms with E-state index in [1.165, 1.54) is 22.9 Å². The molecule has 2 heterocycles. The van der Waals surface area contributed by atoms with Crippen molar-refractivity contribution >= 4 is 44.2 Å². The van der Waals surface area contributed by atoms with Crippen molar-refractivity contribution in [2.75, 3.05) is 0 Å². The molecule has 0 saturated carbocycles. The third kappa shape index (κ3) is 11.5. The second-order valence-corrected chi connectivity index (χ2v) is 12.4. The number of nitrogens with one attached hydrogen (secondary N) is 2. The first-order valence-corrected chi connectivity index (χ1v) is 16.5. The Bertz CT molecular complexity index is 2700. The van der Waals surface area contributed by atoms with Gasteiger partial charge in [0.2, 0.25) is 0 Å². The number of azo groups is 2. The van der Waals surface area contributed by atoms with Crippen molar-refractivity contribution in [3.63, 3.8) is 0 Å². The molecule has 25 heteroatoms. The van der Waals surface area contributed by atoms with Crippen LogP contribution in [-0.2, 0) is 27.5 Å². The molecule has 0 radical (unpaired) electrons. The molecular weight excluding hydrogens is 830 g/mol. The zero-order valence-electron chi connectivity index (χ0n) is 30.2. The van der Waals surface area contributed by atoms with E-state index in [4.69, 9.17) is 9.66 Å². The molecule has 5 N–H and O–H groups in total. The maximum atomic E-state index is 12.6. The molecule has 0 fully saturated rings. The Morgan fingerprint density at radius 2 is 1.12 bits per heavy atom. The first-order valence-electron chi connectivity index (χ1n) is 15.1. The predicted molar refractivity (Wildman–Crippen MR) is 189 cm³/mol. The summed E-state index contributed by atoms with van der Waals surface area (Å²) in [7, 11) is -4.36. The number of aryl methyl sites for hydroxylation is 2. The van der Waals surface area contributed by atoms with E-state index in [-0.39, 0.29) is 127 Å². The average molecular weight is 857 g/mol. The summed E-state index contributed by atoms with van der Waals surface area (Å²) < 4.78 is 33.6. The van der Waals surface area contributed by atoms with Crippen LogP contribution in [0.5, 0.6) is 11.5 Å². The van der Waals surface area contributed by atoms with Crippen LogP contribution in [0.3, 0.4) is 0 Å². The Morgan fingerprint density at radius 1 is 0.684 bits per heavy atom. The van der Waals surface area contributed by atoms with E-state index >= 15 is 0 Å². The van der Waals surface area contributed by atoms with Crippen LogP contribution in [0.15, 0.2) is 126 Å². The van der Waals surface area contributed by atoms with Gasteiger partial charge in [-0.2, -0.15) is 13.5 Å². The van der Waals surface area contributed by atoms with Gasteiger partial charge in [-0.3, -0.25) is 44.6 Å². The molecular formula is C32H26CrN10Na2O11S+2. The monoisotopic (exact) mass is 856 g/mol. The normalized spacial score (nSPS) is 10.9. The summed E-state index contributed by atoms with van der Waals surface area (Å²) in [6.07, 6.45) is 0. The van der Waals surface area contributed by atoms with E-state index in [0.29, 0.717) is 17.1 Å². The number of para-hydroxylation sites is 1. The first kappa shape index (κ1) is 48.1. The fraction of sp³-hybridized carbons (Fsp3) is 0.0625. The third-order valence-electron chi connectivity index (χ3n) is 7.35. The van der Waals surface area contributed by atoms with Crippen LogP contribution in [0.25, 0.3) is 11.4 Å². The van der Waals surface area contributed by atoms with E-state index in [9.17, 15) is 43.3 Å². The number of aromatic amines is 2. The minimum absolute atomic E-state index is 0. The molecule has 0 saturated heterocycles. The summed E-state index contributed by atoms with van der Waals surface area (Å²) >= 11 is 0. The number of hydrogen-bond acceptors (Lipinski definition) is 13. The Labute approximate surface area is 375 Å². The Balaban J connectivity index is 0.000000377. The van der Waals surface area contributed by atoms with Crippen molar-refractivity contribution < 1.29 is 110 Å². The predicted octanol–water partition coefficient (Wildman–Crippen LogP) is -0.641. The number of hydrogen-bond donors (Lipinski definition) is 3. The topological polar surface area (TPSA) is 312 Å². The Kier molecular flexibility index (Phi) is 17.2. The van der Waals surface area contributed by atoms with Crippen LogP contribution in [-0.4, -0.2) is 47.5 Å². The van der Waals surface area contributed by atoms with Gasteiger partial charge in [-0.1, -0.05) is 30.0 Å². The fourth-order valence-corrected chi connectivity index (χ4v) is 5.12. The van der Waals surface area contributed by atoms with Crippen LogP contribution >= 0.6 is 0 Å². The van der Waals surface area contributed by atoms with Gasteiger partial charge >= 0.3 is 59.1 Å². The van der Waals surface area contributed by atoms with Crippen molar-refractivity contribution in [1.29, 1.82) is 0 Å². The number of nitro groups is 2. The molecule has 2 aromatic heterocycles. The maximum absolute atomic E-state index is 12.6. The standard InChI is InChI=1S/C16H13N5O7S.C16H13N5O4.Cr.2Na/c1-9-15(18-17-13-8-11(21(24)25)4-7-14(13)22)16(23)20(19-9)10-2-5-12(6-3-10)29(26,27)28;1-10-15(16(23)20(19-10)11-5-3-2-4-6-11)18-17-13-9-12(21(24)25)7-8-14(13)22;;;/h2-8,19,22H,1H3,(H,26,27,28);2-9,19,22H,1H3;;;/q;;;2*+1. The minimum atomic E-state index is -4.36. The number of non-ortho nitro benzene ring substituents is 2. The molecule has 0 aliphatic carbocycles. The van der Waals surface area contributed by atoms with Crippen LogP contribution in [0.1, 0.15) is 11.4 Å². The summed E-state index contributed by atoms with van der Waals surface area (Å²) in [4.78, 5) is 45.1. The van der Waals surface area contributed by atoms with Crippen LogP contribution in [0, 0.1) is 34.1 Å². The van der Waals surface area contributed by atoms with Crippen LogP contribution < -0.4 is 75.3 Å². The molecule has 0 spiro atoms. The van der Waals surface area contributed by atoms with Gasteiger partial charge in [0.15, 0.2) is 17.1 Å². The fourth-order valence-electron chi connectivity index (χ4n) is 4.64. The number of rotatable bonds is 9. The van der Waals surface area contributed by atoms with Crippen LogP contribution in [0.4, 0.5) is 34.1 Å². The van der Waals surface area contributed by atoms with E-state index in [1.54, 1.807) is 38.1 Å². The summed E-state index contributed by atoms with van der Waals surface area (Å²) in [5.74, 6) is -0.625.